The number of nitrogens with zero attached hydrogens (tertiary/aromatic N) is 1. The quantitative estimate of drug-likeness (QED) is 0.560. The fraction of sp³-hybridized carbons (Fsp3) is 0.565. The molecule has 2 atom stereocenters. The highest BCUT2D eigenvalue weighted by molar-refractivity contribution is 5.48. The minimum absolute atomic E-state index is 0.267. The first-order valence-electron chi connectivity index (χ1n) is 10.5. The topological polar surface area (TPSA) is 49.5 Å². The predicted molar refractivity (Wildman–Crippen MR) is 113 cm³/mol. The van der Waals surface area contributed by atoms with E-state index in [0.717, 1.165) is 48.2 Å². The third kappa shape index (κ3) is 5.56. The van der Waals surface area contributed by atoms with Gasteiger partial charge >= 0.3 is 6.18 Å². The average molecular weight is 413 g/mol. The molecule has 3 rings (SSSR count). The van der Waals surface area contributed by atoms with Crippen molar-refractivity contribution < 1.29 is 18.3 Å². The molecule has 1 aliphatic carbocycles. The van der Waals surface area contributed by atoms with Crippen LogP contribution in [0.3, 0.4) is 0 Å². The Balaban J connectivity index is 0.000000989. The summed E-state index contributed by atoms with van der Waals surface area (Å²) >= 11 is 0. The van der Waals surface area contributed by atoms with Crippen molar-refractivity contribution in [1.82, 2.24) is 4.90 Å². The summed E-state index contributed by atoms with van der Waals surface area (Å²) in [6.07, 6.45) is 0.407. The molecule has 2 aliphatic rings. The molecule has 0 spiro atoms. The predicted octanol–water partition coefficient (Wildman–Crippen LogP) is 6.41. The van der Waals surface area contributed by atoms with Crippen molar-refractivity contribution in [1.29, 1.82) is 0 Å². The molecule has 6 heteroatoms. The van der Waals surface area contributed by atoms with Crippen molar-refractivity contribution in [3.8, 4) is 5.75 Å². The highest BCUT2D eigenvalue weighted by Crippen LogP contribution is 2.46. The first-order chi connectivity index (χ1) is 13.7. The van der Waals surface area contributed by atoms with Crippen molar-refractivity contribution >= 4 is 0 Å². The lowest BCUT2D eigenvalue weighted by atomic mass is 9.77. The lowest BCUT2D eigenvalue weighted by molar-refractivity contribution is -0.137. The Morgan fingerprint density at radius 2 is 1.76 bits per heavy atom. The molecule has 1 heterocycles. The first-order valence-corrected chi connectivity index (χ1v) is 10.5. The van der Waals surface area contributed by atoms with Crippen LogP contribution in [0.5, 0.6) is 5.75 Å². The van der Waals surface area contributed by atoms with E-state index in [1.165, 1.54) is 6.07 Å². The Kier molecular flexibility index (Phi) is 9.27. The zero-order chi connectivity index (χ0) is 22.4. The van der Waals surface area contributed by atoms with Gasteiger partial charge in [0.1, 0.15) is 5.75 Å². The lowest BCUT2D eigenvalue weighted by Crippen LogP contribution is -2.29. The molecule has 0 saturated carbocycles. The van der Waals surface area contributed by atoms with E-state index in [2.05, 4.69) is 6.92 Å². The Morgan fingerprint density at radius 3 is 2.31 bits per heavy atom. The maximum absolute atomic E-state index is 12.9. The van der Waals surface area contributed by atoms with Gasteiger partial charge in [-0.05, 0) is 61.6 Å². The summed E-state index contributed by atoms with van der Waals surface area (Å²) in [7, 11) is 1.91. The van der Waals surface area contributed by atoms with E-state index < -0.39 is 11.7 Å². The molecule has 1 aromatic rings. The fourth-order valence-corrected chi connectivity index (χ4v) is 3.99. The number of phenols is 1. The van der Waals surface area contributed by atoms with Crippen molar-refractivity contribution in [3.63, 3.8) is 0 Å². The minimum Gasteiger partial charge on any atom is -0.508 e. The van der Waals surface area contributed by atoms with E-state index in [4.69, 9.17) is 5.73 Å². The number of aromatic hydroxyl groups is 1. The molecule has 0 aromatic heterocycles. The third-order valence-electron chi connectivity index (χ3n) is 5.28. The van der Waals surface area contributed by atoms with E-state index in [1.807, 2.05) is 45.7 Å². The third-order valence-corrected chi connectivity index (χ3v) is 5.28. The van der Waals surface area contributed by atoms with E-state index in [-0.39, 0.29) is 17.7 Å². The zero-order valence-electron chi connectivity index (χ0n) is 18.4. The monoisotopic (exact) mass is 412 g/mol. The number of rotatable bonds is 1. The van der Waals surface area contributed by atoms with Gasteiger partial charge in [0, 0.05) is 17.8 Å². The number of benzene rings is 1. The van der Waals surface area contributed by atoms with Crippen LogP contribution < -0.4 is 5.73 Å². The van der Waals surface area contributed by atoms with Crippen molar-refractivity contribution in [2.75, 3.05) is 13.6 Å². The highest BCUT2D eigenvalue weighted by Gasteiger charge is 2.36. The van der Waals surface area contributed by atoms with Crippen LogP contribution in [-0.2, 0) is 6.18 Å². The summed E-state index contributed by atoms with van der Waals surface area (Å²) in [5.74, 6) is -0.0558. The van der Waals surface area contributed by atoms with Crippen molar-refractivity contribution in [2.45, 2.75) is 66.1 Å². The number of alkyl halides is 3. The molecule has 3 nitrogen and oxygen atoms in total. The Bertz CT molecular complexity index is 738. The molecule has 29 heavy (non-hydrogen) atoms. The van der Waals surface area contributed by atoms with E-state index >= 15 is 0 Å². The van der Waals surface area contributed by atoms with E-state index in [1.54, 1.807) is 0 Å². The first kappa shape index (κ1) is 25.1. The normalized spacial score (nSPS) is 22.3. The van der Waals surface area contributed by atoms with Crippen LogP contribution in [0.2, 0.25) is 0 Å². The number of nitrogens with two attached hydrogens (primary N) is 1. The molecular formula is C23H35F3N2O. The molecule has 164 valence electrons. The second kappa shape index (κ2) is 10.7. The highest BCUT2D eigenvalue weighted by atomic mass is 19.4. The summed E-state index contributed by atoms with van der Waals surface area (Å²) in [6.45, 7) is 10.7. The van der Waals surface area contributed by atoms with Gasteiger partial charge in [0.05, 0.1) is 11.6 Å². The fourth-order valence-electron chi connectivity index (χ4n) is 3.99. The number of hydrogen-bond acceptors (Lipinski definition) is 3. The van der Waals surface area contributed by atoms with Crippen LogP contribution in [0.1, 0.15) is 71.0 Å². The standard InChI is InChI=1S/C19H23F3N2O.2C2H6/c1-11-4-3-5-13-15(23)8-9-24(2)18(17(11)13)14-7-6-12(10-16(14)25)19(20,21)22;2*1-2/h6-8,10-11,18,25H,3-5,9,23H2,1-2H3;2*1-2H3. The van der Waals surface area contributed by atoms with Crippen molar-refractivity contribution in [3.05, 3.63) is 52.2 Å². The molecule has 3 N–H and O–H groups in total. The van der Waals surface area contributed by atoms with E-state index in [9.17, 15) is 18.3 Å². The van der Waals surface area contributed by atoms with Gasteiger partial charge in [0.15, 0.2) is 0 Å². The van der Waals surface area contributed by atoms with Gasteiger partial charge in [-0.1, -0.05) is 40.7 Å². The Hall–Kier alpha value is -1.95. The van der Waals surface area contributed by atoms with Crippen LogP contribution in [0.25, 0.3) is 0 Å². The molecular weight excluding hydrogens is 377 g/mol. The van der Waals surface area contributed by atoms with Crippen LogP contribution in [0.15, 0.2) is 41.1 Å². The van der Waals surface area contributed by atoms with Gasteiger partial charge in [-0.15, -0.1) is 0 Å². The maximum atomic E-state index is 12.9. The number of hydrogen-bond donors (Lipinski definition) is 2. The number of phenolic OH excluding ortho intramolecular Hbond substituents is 1. The summed E-state index contributed by atoms with van der Waals surface area (Å²) in [5, 5.41) is 10.4. The molecule has 2 unspecified atom stereocenters. The Labute approximate surface area is 173 Å². The van der Waals surface area contributed by atoms with Crippen LogP contribution >= 0.6 is 0 Å². The second-order valence-corrected chi connectivity index (χ2v) is 7.00. The summed E-state index contributed by atoms with van der Waals surface area (Å²) in [6, 6.07) is 2.98. The van der Waals surface area contributed by atoms with E-state index in [0.29, 0.717) is 12.1 Å². The van der Waals surface area contributed by atoms with Gasteiger partial charge in [-0.2, -0.15) is 13.2 Å². The molecule has 0 fully saturated rings. The molecule has 1 aromatic carbocycles. The average Bonchev–Trinajstić information content (AvgIpc) is 2.82. The molecule has 1 aliphatic heterocycles. The zero-order valence-corrected chi connectivity index (χ0v) is 18.4. The molecule has 0 amide bonds. The second-order valence-electron chi connectivity index (χ2n) is 7.00. The smallest absolute Gasteiger partial charge is 0.416 e. The van der Waals surface area contributed by atoms with Gasteiger partial charge in [-0.25, -0.2) is 0 Å². The number of allylic oxidation sites excluding steroid dienone is 1. The maximum Gasteiger partial charge on any atom is 0.416 e. The lowest BCUT2D eigenvalue weighted by Gasteiger charge is -2.36. The van der Waals surface area contributed by atoms with Crippen LogP contribution in [0.4, 0.5) is 13.2 Å². The molecule has 0 bridgehead atoms. The van der Waals surface area contributed by atoms with Crippen LogP contribution in [-0.4, -0.2) is 23.6 Å². The van der Waals surface area contributed by atoms with Gasteiger partial charge in [0.2, 0.25) is 0 Å². The van der Waals surface area contributed by atoms with Gasteiger partial charge in [0.25, 0.3) is 0 Å². The van der Waals surface area contributed by atoms with Gasteiger partial charge in [-0.3, -0.25) is 4.90 Å². The summed E-state index contributed by atoms with van der Waals surface area (Å²) in [5.41, 5.74) is 8.86. The van der Waals surface area contributed by atoms with Crippen LogP contribution in [0, 0.1) is 5.92 Å². The van der Waals surface area contributed by atoms with Gasteiger partial charge < -0.3 is 10.8 Å². The summed E-state index contributed by atoms with van der Waals surface area (Å²) in [4.78, 5) is 2.03. The molecule has 0 saturated heterocycles. The number of halogens is 3. The minimum atomic E-state index is -4.47. The largest absolute Gasteiger partial charge is 0.508 e. The molecule has 0 radical (unpaired) electrons. The Morgan fingerprint density at radius 1 is 1.14 bits per heavy atom. The van der Waals surface area contributed by atoms with Crippen molar-refractivity contribution in [2.24, 2.45) is 11.7 Å². The number of likely N-dealkylation sites (N-methyl/N-ethyl adjacent to an activating group) is 1. The SMILES string of the molecule is CC.CC.CC1CCCC2=C1C(c1ccc(C(F)(F)F)cc1O)N(C)CC=C2N. The summed E-state index contributed by atoms with van der Waals surface area (Å²) < 4.78 is 38.7.